The summed E-state index contributed by atoms with van der Waals surface area (Å²) >= 11 is 0. The van der Waals surface area contributed by atoms with Crippen molar-refractivity contribution < 1.29 is 24.2 Å². The van der Waals surface area contributed by atoms with Crippen LogP contribution in [0, 0.1) is 5.92 Å². The van der Waals surface area contributed by atoms with E-state index in [1.807, 2.05) is 60.4 Å². The molecule has 1 N–H and O–H groups in total. The van der Waals surface area contributed by atoms with Crippen LogP contribution in [0.1, 0.15) is 36.4 Å². The number of likely N-dealkylation sites (N-methyl/N-ethyl adjacent to an activating group) is 1. The van der Waals surface area contributed by atoms with Crippen LogP contribution in [-0.4, -0.2) is 67.7 Å². The van der Waals surface area contributed by atoms with E-state index in [0.717, 1.165) is 17.5 Å². The van der Waals surface area contributed by atoms with E-state index in [0.29, 0.717) is 24.6 Å². The number of carboxylic acids is 1. The van der Waals surface area contributed by atoms with Crippen molar-refractivity contribution in [3.05, 3.63) is 59.7 Å². The predicted molar refractivity (Wildman–Crippen MR) is 122 cm³/mol. The average Bonchev–Trinajstić information content (AvgIpc) is 3.18. The Balaban J connectivity index is 2.01. The molecule has 0 radical (unpaired) electrons. The van der Waals surface area contributed by atoms with Crippen LogP contribution in [0.2, 0.25) is 0 Å². The molecule has 0 aliphatic carbocycles. The normalized spacial score (nSPS) is 20.7. The molecule has 1 aliphatic rings. The van der Waals surface area contributed by atoms with E-state index in [1.54, 1.807) is 26.2 Å². The zero-order valence-electron chi connectivity index (χ0n) is 19.2. The molecule has 0 aromatic heterocycles. The number of benzene rings is 2. The van der Waals surface area contributed by atoms with E-state index in [-0.39, 0.29) is 18.4 Å². The van der Waals surface area contributed by atoms with Gasteiger partial charge in [-0.3, -0.25) is 14.5 Å². The molecular weight excluding hydrogens is 408 g/mol. The van der Waals surface area contributed by atoms with Crippen LogP contribution in [0.3, 0.4) is 0 Å². The molecule has 2 aromatic carbocycles. The van der Waals surface area contributed by atoms with E-state index in [2.05, 4.69) is 0 Å². The highest BCUT2D eigenvalue weighted by Crippen LogP contribution is 2.46. The number of carbonyl (C=O) groups is 2. The number of nitrogens with zero attached hydrogens (tertiary/aromatic N) is 2. The van der Waals surface area contributed by atoms with Crippen LogP contribution in [0.15, 0.2) is 48.5 Å². The van der Waals surface area contributed by atoms with Gasteiger partial charge < -0.3 is 19.5 Å². The predicted octanol–water partition coefficient (Wildman–Crippen LogP) is 3.41. The Morgan fingerprint density at radius 1 is 1.06 bits per heavy atom. The number of rotatable bonds is 9. The summed E-state index contributed by atoms with van der Waals surface area (Å²) in [6, 6.07) is 14.5. The molecule has 1 fully saturated rings. The minimum atomic E-state index is -0.879. The van der Waals surface area contributed by atoms with Gasteiger partial charge in [-0.2, -0.15) is 0 Å². The summed E-state index contributed by atoms with van der Waals surface area (Å²) < 4.78 is 10.6. The first kappa shape index (κ1) is 23.6. The molecule has 3 rings (SSSR count). The molecule has 2 aromatic rings. The van der Waals surface area contributed by atoms with E-state index < -0.39 is 17.9 Å². The van der Waals surface area contributed by atoms with Crippen LogP contribution >= 0.6 is 0 Å². The number of methoxy groups -OCH3 is 2. The van der Waals surface area contributed by atoms with Gasteiger partial charge in [0.1, 0.15) is 11.5 Å². The maximum atomic E-state index is 12.9. The number of likely N-dealkylation sites (tertiary alicyclic amines) is 1. The zero-order chi connectivity index (χ0) is 23.3. The minimum absolute atomic E-state index is 0.0132. The Labute approximate surface area is 189 Å². The third-order valence-electron chi connectivity index (χ3n) is 6.19. The van der Waals surface area contributed by atoms with Gasteiger partial charge >= 0.3 is 5.97 Å². The van der Waals surface area contributed by atoms with Gasteiger partial charge in [-0.25, -0.2) is 0 Å². The van der Waals surface area contributed by atoms with Crippen LogP contribution < -0.4 is 9.47 Å². The van der Waals surface area contributed by atoms with Crippen molar-refractivity contribution >= 4 is 11.9 Å². The van der Waals surface area contributed by atoms with E-state index >= 15 is 0 Å². The SMILES string of the molecule is CCCN(C)C(=O)CN1CC(c2cccc(OC)c2)C(C(=O)O)C1c1ccc(OC)cc1. The van der Waals surface area contributed by atoms with Crippen molar-refractivity contribution in [3.63, 3.8) is 0 Å². The van der Waals surface area contributed by atoms with E-state index in [1.165, 1.54) is 0 Å². The van der Waals surface area contributed by atoms with Crippen LogP contribution in [0.25, 0.3) is 0 Å². The fourth-order valence-electron chi connectivity index (χ4n) is 4.56. The molecule has 172 valence electrons. The Bertz CT molecular complexity index is 930. The highest BCUT2D eigenvalue weighted by Gasteiger charge is 2.48. The molecular formula is C25H32N2O5. The topological polar surface area (TPSA) is 79.3 Å². The van der Waals surface area contributed by atoms with Gasteiger partial charge in [0, 0.05) is 32.1 Å². The lowest BCUT2D eigenvalue weighted by atomic mass is 9.83. The number of hydrogen-bond acceptors (Lipinski definition) is 5. The van der Waals surface area contributed by atoms with E-state index in [9.17, 15) is 14.7 Å². The second kappa shape index (κ2) is 10.5. The Kier molecular flexibility index (Phi) is 7.75. The number of aliphatic carboxylic acids is 1. The van der Waals surface area contributed by atoms with Crippen molar-refractivity contribution in [3.8, 4) is 11.5 Å². The lowest BCUT2D eigenvalue weighted by molar-refractivity contribution is -0.143. The second-order valence-corrected chi connectivity index (χ2v) is 8.21. The van der Waals surface area contributed by atoms with Crippen molar-refractivity contribution in [2.75, 3.05) is 40.9 Å². The first-order valence-corrected chi connectivity index (χ1v) is 10.9. The molecule has 32 heavy (non-hydrogen) atoms. The zero-order valence-corrected chi connectivity index (χ0v) is 19.2. The summed E-state index contributed by atoms with van der Waals surface area (Å²) in [5.41, 5.74) is 1.75. The van der Waals surface area contributed by atoms with Crippen LogP contribution in [-0.2, 0) is 9.59 Å². The van der Waals surface area contributed by atoms with E-state index in [4.69, 9.17) is 9.47 Å². The quantitative estimate of drug-likeness (QED) is 0.644. The molecule has 7 heteroatoms. The van der Waals surface area contributed by atoms with Crippen molar-refractivity contribution in [2.24, 2.45) is 5.92 Å². The van der Waals surface area contributed by atoms with Gasteiger partial charge in [0.2, 0.25) is 5.91 Å². The number of hydrogen-bond donors (Lipinski definition) is 1. The number of carbonyl (C=O) groups excluding carboxylic acids is 1. The third-order valence-corrected chi connectivity index (χ3v) is 6.19. The number of carboxylic acid groups (broad SMARTS) is 1. The summed E-state index contributed by atoms with van der Waals surface area (Å²) in [5, 5.41) is 10.3. The highest BCUT2D eigenvalue weighted by atomic mass is 16.5. The van der Waals surface area contributed by atoms with Gasteiger partial charge in [0.15, 0.2) is 0 Å². The minimum Gasteiger partial charge on any atom is -0.497 e. The maximum absolute atomic E-state index is 12.9. The Morgan fingerprint density at radius 3 is 2.34 bits per heavy atom. The molecule has 1 aliphatic heterocycles. The molecule has 0 spiro atoms. The standard InChI is InChI=1S/C25H32N2O5/c1-5-13-26(2)22(28)16-27-15-21(18-7-6-8-20(14-18)32-4)23(25(29)30)24(27)17-9-11-19(31-3)12-10-17/h6-12,14,21,23-24H,5,13,15-16H2,1-4H3,(H,29,30). The van der Waals surface area contributed by atoms with Crippen molar-refractivity contribution in [1.29, 1.82) is 0 Å². The average molecular weight is 441 g/mol. The first-order chi connectivity index (χ1) is 15.4. The molecule has 1 saturated heterocycles. The molecule has 0 bridgehead atoms. The summed E-state index contributed by atoms with van der Waals surface area (Å²) in [4.78, 5) is 29.1. The third kappa shape index (κ3) is 5.05. The molecule has 1 heterocycles. The van der Waals surface area contributed by atoms with Crippen molar-refractivity contribution in [2.45, 2.75) is 25.3 Å². The monoisotopic (exact) mass is 440 g/mol. The smallest absolute Gasteiger partial charge is 0.309 e. The van der Waals surface area contributed by atoms with Gasteiger partial charge in [-0.1, -0.05) is 31.2 Å². The lowest BCUT2D eigenvalue weighted by Gasteiger charge is -2.28. The van der Waals surface area contributed by atoms with Gasteiger partial charge in [-0.15, -0.1) is 0 Å². The Hall–Kier alpha value is -3.06. The second-order valence-electron chi connectivity index (χ2n) is 8.21. The lowest BCUT2D eigenvalue weighted by Crippen LogP contribution is -2.39. The Morgan fingerprint density at radius 2 is 1.75 bits per heavy atom. The number of ether oxygens (including phenoxy) is 2. The fraction of sp³-hybridized carbons (Fsp3) is 0.440. The molecule has 7 nitrogen and oxygen atoms in total. The summed E-state index contributed by atoms with van der Waals surface area (Å²) in [7, 11) is 4.98. The van der Waals surface area contributed by atoms with Crippen LogP contribution in [0.4, 0.5) is 0 Å². The summed E-state index contributed by atoms with van der Waals surface area (Å²) in [6.45, 7) is 3.32. The number of amides is 1. The molecule has 3 atom stereocenters. The largest absolute Gasteiger partial charge is 0.497 e. The fourth-order valence-corrected chi connectivity index (χ4v) is 4.56. The van der Waals surface area contributed by atoms with Gasteiger partial charge in [-0.05, 0) is 41.8 Å². The molecule has 0 saturated carbocycles. The first-order valence-electron chi connectivity index (χ1n) is 10.9. The van der Waals surface area contributed by atoms with Gasteiger partial charge in [0.05, 0.1) is 26.7 Å². The summed E-state index contributed by atoms with van der Waals surface area (Å²) in [6.07, 6.45) is 0.869. The summed E-state index contributed by atoms with van der Waals surface area (Å²) in [5.74, 6) is -0.492. The van der Waals surface area contributed by atoms with Crippen molar-refractivity contribution in [1.82, 2.24) is 9.80 Å². The molecule has 1 amide bonds. The van der Waals surface area contributed by atoms with Gasteiger partial charge in [0.25, 0.3) is 0 Å². The molecule has 3 unspecified atom stereocenters. The maximum Gasteiger partial charge on any atom is 0.309 e. The van der Waals surface area contributed by atoms with Crippen LogP contribution in [0.5, 0.6) is 11.5 Å². The highest BCUT2D eigenvalue weighted by molar-refractivity contribution is 5.79.